The van der Waals surface area contributed by atoms with Crippen LogP contribution in [0.4, 0.5) is 0 Å². The standard InChI is InChI=1S/C12H14ClNO2/c1-2-16-11(15)12(14)6-5-8-7-9(13)3-4-10(8)12/h3-4,7H,2,5-6,14H2,1H3. The largest absolute Gasteiger partial charge is 0.464 e. The van der Waals surface area contributed by atoms with E-state index < -0.39 is 5.54 Å². The Labute approximate surface area is 99.5 Å². The van der Waals surface area contributed by atoms with Crippen molar-refractivity contribution in [2.45, 2.75) is 25.3 Å². The first kappa shape index (κ1) is 11.4. The average molecular weight is 240 g/mol. The van der Waals surface area contributed by atoms with Gasteiger partial charge in [-0.05, 0) is 43.0 Å². The first-order valence-corrected chi connectivity index (χ1v) is 5.70. The van der Waals surface area contributed by atoms with Gasteiger partial charge in [0.1, 0.15) is 5.54 Å². The van der Waals surface area contributed by atoms with Crippen LogP contribution in [0.3, 0.4) is 0 Å². The summed E-state index contributed by atoms with van der Waals surface area (Å²) in [5.41, 5.74) is 7.03. The summed E-state index contributed by atoms with van der Waals surface area (Å²) in [5, 5.41) is 0.673. The molecule has 0 radical (unpaired) electrons. The maximum Gasteiger partial charge on any atom is 0.330 e. The van der Waals surface area contributed by atoms with E-state index >= 15 is 0 Å². The highest BCUT2D eigenvalue weighted by atomic mass is 35.5. The van der Waals surface area contributed by atoms with Gasteiger partial charge in [-0.2, -0.15) is 0 Å². The summed E-state index contributed by atoms with van der Waals surface area (Å²) in [6, 6.07) is 5.44. The molecule has 0 heterocycles. The maximum atomic E-state index is 11.8. The quantitative estimate of drug-likeness (QED) is 0.804. The van der Waals surface area contributed by atoms with Gasteiger partial charge in [-0.15, -0.1) is 0 Å². The minimum absolute atomic E-state index is 0.348. The summed E-state index contributed by atoms with van der Waals surface area (Å²) in [4.78, 5) is 11.8. The highest BCUT2D eigenvalue weighted by Gasteiger charge is 2.43. The van der Waals surface area contributed by atoms with Crippen molar-refractivity contribution in [1.82, 2.24) is 0 Å². The number of benzene rings is 1. The molecule has 0 bridgehead atoms. The number of rotatable bonds is 2. The molecular weight excluding hydrogens is 226 g/mol. The van der Waals surface area contributed by atoms with Gasteiger partial charge in [0.2, 0.25) is 0 Å². The van der Waals surface area contributed by atoms with Crippen LogP contribution in [-0.4, -0.2) is 12.6 Å². The molecule has 0 aliphatic heterocycles. The van der Waals surface area contributed by atoms with E-state index in [1.807, 2.05) is 12.1 Å². The predicted molar refractivity (Wildman–Crippen MR) is 62.3 cm³/mol. The van der Waals surface area contributed by atoms with Gasteiger partial charge < -0.3 is 10.5 Å². The third-order valence-corrected chi connectivity index (χ3v) is 3.21. The normalized spacial score (nSPS) is 22.9. The molecule has 1 aliphatic carbocycles. The number of nitrogens with two attached hydrogens (primary N) is 1. The lowest BCUT2D eigenvalue weighted by molar-refractivity contribution is -0.150. The number of ether oxygens (including phenoxy) is 1. The van der Waals surface area contributed by atoms with Gasteiger partial charge in [-0.1, -0.05) is 17.7 Å². The fourth-order valence-electron chi connectivity index (χ4n) is 2.14. The van der Waals surface area contributed by atoms with Gasteiger partial charge in [-0.3, -0.25) is 0 Å². The number of aryl methyl sites for hydroxylation is 1. The molecule has 1 aromatic rings. The first-order chi connectivity index (χ1) is 7.58. The molecule has 1 unspecified atom stereocenters. The SMILES string of the molecule is CCOC(=O)C1(N)CCc2cc(Cl)ccc21. The Morgan fingerprint density at radius 2 is 2.38 bits per heavy atom. The van der Waals surface area contributed by atoms with Gasteiger partial charge in [0.15, 0.2) is 0 Å². The summed E-state index contributed by atoms with van der Waals surface area (Å²) in [5.74, 6) is -0.351. The van der Waals surface area contributed by atoms with Gasteiger partial charge >= 0.3 is 5.97 Å². The highest BCUT2D eigenvalue weighted by Crippen LogP contribution is 2.37. The van der Waals surface area contributed by atoms with Gasteiger partial charge in [-0.25, -0.2) is 4.79 Å². The lowest BCUT2D eigenvalue weighted by Gasteiger charge is -2.22. The number of halogens is 1. The number of carbonyl (C=O) groups excluding carboxylic acids is 1. The summed E-state index contributed by atoms with van der Waals surface area (Å²) in [7, 11) is 0. The van der Waals surface area contributed by atoms with Crippen molar-refractivity contribution in [3.63, 3.8) is 0 Å². The molecule has 2 N–H and O–H groups in total. The molecule has 1 aliphatic rings. The molecule has 3 nitrogen and oxygen atoms in total. The van der Waals surface area contributed by atoms with Gasteiger partial charge in [0.05, 0.1) is 6.61 Å². The topological polar surface area (TPSA) is 52.3 Å². The van der Waals surface area contributed by atoms with E-state index in [0.29, 0.717) is 18.1 Å². The van der Waals surface area contributed by atoms with Crippen molar-refractivity contribution < 1.29 is 9.53 Å². The molecule has 0 spiro atoms. The monoisotopic (exact) mass is 239 g/mol. The van der Waals surface area contributed by atoms with Gasteiger partial charge in [0.25, 0.3) is 0 Å². The van der Waals surface area contributed by atoms with Crippen LogP contribution in [0.25, 0.3) is 0 Å². The van der Waals surface area contributed by atoms with Crippen LogP contribution in [0, 0.1) is 0 Å². The molecule has 1 aromatic carbocycles. The predicted octanol–water partition coefficient (Wildman–Crippen LogP) is 2.00. The molecule has 86 valence electrons. The number of carbonyl (C=O) groups is 1. The Morgan fingerprint density at radius 1 is 1.62 bits per heavy atom. The van der Waals surface area contributed by atoms with Crippen LogP contribution in [-0.2, 0) is 21.5 Å². The van der Waals surface area contributed by atoms with Crippen molar-refractivity contribution in [3.05, 3.63) is 34.3 Å². The Balaban J connectivity index is 2.38. The van der Waals surface area contributed by atoms with Crippen LogP contribution in [0.5, 0.6) is 0 Å². The van der Waals surface area contributed by atoms with Crippen molar-refractivity contribution >= 4 is 17.6 Å². The molecule has 0 amide bonds. The zero-order valence-corrected chi connectivity index (χ0v) is 9.88. The van der Waals surface area contributed by atoms with Crippen molar-refractivity contribution in [2.75, 3.05) is 6.61 Å². The summed E-state index contributed by atoms with van der Waals surface area (Å²) < 4.78 is 5.02. The third-order valence-electron chi connectivity index (χ3n) is 2.98. The minimum Gasteiger partial charge on any atom is -0.464 e. The van der Waals surface area contributed by atoms with Crippen LogP contribution in [0.15, 0.2) is 18.2 Å². The van der Waals surface area contributed by atoms with Crippen LogP contribution in [0.1, 0.15) is 24.5 Å². The second-order valence-corrected chi connectivity index (χ2v) is 4.43. The second kappa shape index (κ2) is 4.07. The molecule has 0 saturated carbocycles. The van der Waals surface area contributed by atoms with Crippen molar-refractivity contribution in [2.24, 2.45) is 5.73 Å². The summed E-state index contributed by atoms with van der Waals surface area (Å²) in [6.45, 7) is 2.12. The zero-order valence-electron chi connectivity index (χ0n) is 9.13. The molecule has 0 aromatic heterocycles. The number of fused-ring (bicyclic) bond motifs is 1. The molecule has 16 heavy (non-hydrogen) atoms. The smallest absolute Gasteiger partial charge is 0.330 e. The van der Waals surface area contributed by atoms with E-state index in [4.69, 9.17) is 22.1 Å². The molecular formula is C12H14ClNO2. The maximum absolute atomic E-state index is 11.8. The number of hydrogen-bond donors (Lipinski definition) is 1. The molecule has 4 heteroatoms. The summed E-state index contributed by atoms with van der Waals surface area (Å²) in [6.07, 6.45) is 1.35. The van der Waals surface area contributed by atoms with Crippen LogP contribution in [0.2, 0.25) is 5.02 Å². The lowest BCUT2D eigenvalue weighted by atomic mass is 9.93. The lowest BCUT2D eigenvalue weighted by Crippen LogP contribution is -2.44. The zero-order chi connectivity index (χ0) is 11.8. The van der Waals surface area contributed by atoms with Crippen molar-refractivity contribution in [3.8, 4) is 0 Å². The van der Waals surface area contributed by atoms with Crippen molar-refractivity contribution in [1.29, 1.82) is 0 Å². The Kier molecular flexibility index (Phi) is 2.91. The fourth-order valence-corrected chi connectivity index (χ4v) is 2.34. The van der Waals surface area contributed by atoms with E-state index in [-0.39, 0.29) is 5.97 Å². The van der Waals surface area contributed by atoms with E-state index in [0.717, 1.165) is 17.5 Å². The molecule has 2 rings (SSSR count). The minimum atomic E-state index is -0.990. The van der Waals surface area contributed by atoms with Crippen LogP contribution >= 0.6 is 11.6 Å². The Hall–Kier alpha value is -1.06. The average Bonchev–Trinajstić information content (AvgIpc) is 2.58. The van der Waals surface area contributed by atoms with Crippen LogP contribution < -0.4 is 5.73 Å². The first-order valence-electron chi connectivity index (χ1n) is 5.33. The van der Waals surface area contributed by atoms with E-state index in [9.17, 15) is 4.79 Å². The van der Waals surface area contributed by atoms with Gasteiger partial charge in [0, 0.05) is 5.02 Å². The number of hydrogen-bond acceptors (Lipinski definition) is 3. The molecule has 1 atom stereocenters. The second-order valence-electron chi connectivity index (χ2n) is 3.99. The third kappa shape index (κ3) is 1.70. The highest BCUT2D eigenvalue weighted by molar-refractivity contribution is 6.30. The fraction of sp³-hybridized carbons (Fsp3) is 0.417. The molecule has 0 fully saturated rings. The Morgan fingerprint density at radius 3 is 3.06 bits per heavy atom. The Bertz CT molecular complexity index is 433. The number of esters is 1. The van der Waals surface area contributed by atoms with E-state index in [1.165, 1.54) is 0 Å². The van der Waals surface area contributed by atoms with E-state index in [1.54, 1.807) is 13.0 Å². The summed E-state index contributed by atoms with van der Waals surface area (Å²) >= 11 is 5.90. The van der Waals surface area contributed by atoms with E-state index in [2.05, 4.69) is 0 Å². The molecule has 0 saturated heterocycles.